The summed E-state index contributed by atoms with van der Waals surface area (Å²) in [6, 6.07) is 8.11. The molecule has 0 fully saturated rings. The van der Waals surface area contributed by atoms with E-state index in [0.29, 0.717) is 19.6 Å². The molecule has 0 radical (unpaired) electrons. The summed E-state index contributed by atoms with van der Waals surface area (Å²) < 4.78 is 5.70. The normalized spacial score (nSPS) is 12.3. The molecule has 6 heteroatoms. The fourth-order valence-corrected chi connectivity index (χ4v) is 3.88. The number of carbonyl (C=O) groups excluding carboxylic acids is 1. The Morgan fingerprint density at radius 2 is 2.25 bits per heavy atom. The molecule has 0 amide bonds. The largest absolute Gasteiger partial charge is 0.466 e. The Kier molecular flexibility index (Phi) is 6.04. The first-order valence-electron chi connectivity index (χ1n) is 6.38. The number of carbonyl (C=O) groups is 1. The molecule has 0 saturated carbocycles. The van der Waals surface area contributed by atoms with Crippen molar-refractivity contribution < 1.29 is 9.53 Å². The first-order valence-corrected chi connectivity index (χ1v) is 8.45. The summed E-state index contributed by atoms with van der Waals surface area (Å²) in [5.74, 6) is -0.172. The van der Waals surface area contributed by atoms with Crippen molar-refractivity contribution in [3.63, 3.8) is 0 Å². The van der Waals surface area contributed by atoms with Gasteiger partial charge in [0.25, 0.3) is 0 Å². The Hall–Kier alpha value is -0.880. The van der Waals surface area contributed by atoms with Gasteiger partial charge in [-0.25, -0.2) is 0 Å². The van der Waals surface area contributed by atoms with Gasteiger partial charge in [-0.2, -0.15) is 0 Å². The van der Waals surface area contributed by atoms with E-state index in [1.165, 1.54) is 4.88 Å². The quantitative estimate of drug-likeness (QED) is 0.777. The minimum Gasteiger partial charge on any atom is -0.466 e. The molecule has 2 heterocycles. The lowest BCUT2D eigenvalue weighted by atomic mass is 10.2. The van der Waals surface area contributed by atoms with Crippen LogP contribution in [0.2, 0.25) is 4.34 Å². The number of nitrogens with one attached hydrogen (secondary N) is 1. The van der Waals surface area contributed by atoms with Gasteiger partial charge in [0.05, 0.1) is 23.4 Å². The van der Waals surface area contributed by atoms with E-state index >= 15 is 0 Å². The Labute approximate surface area is 131 Å². The van der Waals surface area contributed by atoms with E-state index in [-0.39, 0.29) is 12.0 Å². The Morgan fingerprint density at radius 1 is 1.40 bits per heavy atom. The van der Waals surface area contributed by atoms with Gasteiger partial charge in [-0.3, -0.25) is 4.79 Å². The molecule has 20 heavy (non-hydrogen) atoms. The number of hydrogen-bond acceptors (Lipinski definition) is 5. The fraction of sp³-hybridized carbons (Fsp3) is 0.357. The molecule has 1 N–H and O–H groups in total. The topological polar surface area (TPSA) is 38.3 Å². The van der Waals surface area contributed by atoms with Crippen molar-refractivity contribution in [1.82, 2.24) is 5.32 Å². The second-order valence-corrected chi connectivity index (χ2v) is 6.83. The molecule has 0 aliphatic rings. The van der Waals surface area contributed by atoms with Crippen LogP contribution < -0.4 is 5.32 Å². The number of ether oxygens (including phenoxy) is 1. The van der Waals surface area contributed by atoms with Crippen molar-refractivity contribution in [1.29, 1.82) is 0 Å². The lowest BCUT2D eigenvalue weighted by Gasteiger charge is -2.15. The molecule has 108 valence electrons. The lowest BCUT2D eigenvalue weighted by molar-refractivity contribution is -0.142. The minimum atomic E-state index is -0.172. The van der Waals surface area contributed by atoms with E-state index in [1.807, 2.05) is 30.5 Å². The van der Waals surface area contributed by atoms with Gasteiger partial charge in [-0.05, 0) is 30.5 Å². The summed E-state index contributed by atoms with van der Waals surface area (Å²) in [7, 11) is 0. The van der Waals surface area contributed by atoms with Gasteiger partial charge < -0.3 is 10.1 Å². The zero-order valence-corrected chi connectivity index (χ0v) is 13.5. The van der Waals surface area contributed by atoms with Gasteiger partial charge in [0.15, 0.2) is 0 Å². The third-order valence-electron chi connectivity index (χ3n) is 2.69. The second-order valence-electron chi connectivity index (χ2n) is 4.10. The van der Waals surface area contributed by atoms with E-state index in [1.54, 1.807) is 22.7 Å². The van der Waals surface area contributed by atoms with Gasteiger partial charge in [0, 0.05) is 16.3 Å². The highest BCUT2D eigenvalue weighted by atomic mass is 35.5. The average molecular weight is 330 g/mol. The highest BCUT2D eigenvalue weighted by Crippen LogP contribution is 2.32. The Morgan fingerprint density at radius 3 is 2.85 bits per heavy atom. The van der Waals surface area contributed by atoms with Crippen LogP contribution in [0.5, 0.6) is 0 Å². The van der Waals surface area contributed by atoms with Crippen LogP contribution in [-0.2, 0) is 9.53 Å². The molecule has 0 aromatic carbocycles. The lowest BCUT2D eigenvalue weighted by Crippen LogP contribution is -2.24. The fourth-order valence-electron chi connectivity index (χ4n) is 1.83. The summed E-state index contributed by atoms with van der Waals surface area (Å²) in [6.07, 6.45) is 0.370. The van der Waals surface area contributed by atoms with E-state index in [4.69, 9.17) is 16.3 Å². The number of halogens is 1. The molecule has 0 spiro atoms. The van der Waals surface area contributed by atoms with E-state index in [0.717, 1.165) is 9.21 Å². The van der Waals surface area contributed by atoms with Crippen LogP contribution in [0, 0.1) is 0 Å². The van der Waals surface area contributed by atoms with E-state index in [9.17, 15) is 4.79 Å². The summed E-state index contributed by atoms with van der Waals surface area (Å²) in [6.45, 7) is 2.82. The molecule has 0 saturated heterocycles. The molecule has 0 bridgehead atoms. The van der Waals surface area contributed by atoms with Crippen molar-refractivity contribution >= 4 is 40.2 Å². The van der Waals surface area contributed by atoms with Crippen molar-refractivity contribution in [2.45, 2.75) is 19.4 Å². The molecule has 3 nitrogen and oxygen atoms in total. The monoisotopic (exact) mass is 329 g/mol. The SMILES string of the molecule is CCOC(=O)CCNC(c1cccs1)c1ccc(Cl)s1. The van der Waals surface area contributed by atoms with Crippen LogP contribution in [0.15, 0.2) is 29.6 Å². The van der Waals surface area contributed by atoms with Crippen molar-refractivity contribution in [2.24, 2.45) is 0 Å². The van der Waals surface area contributed by atoms with Crippen LogP contribution in [0.4, 0.5) is 0 Å². The van der Waals surface area contributed by atoms with Gasteiger partial charge in [-0.15, -0.1) is 22.7 Å². The predicted molar refractivity (Wildman–Crippen MR) is 84.7 cm³/mol. The summed E-state index contributed by atoms with van der Waals surface area (Å²) in [4.78, 5) is 13.7. The molecule has 0 aliphatic carbocycles. The molecule has 2 aromatic rings. The van der Waals surface area contributed by atoms with Crippen molar-refractivity contribution in [2.75, 3.05) is 13.2 Å². The van der Waals surface area contributed by atoms with Gasteiger partial charge >= 0.3 is 5.97 Å². The third kappa shape index (κ3) is 4.31. The summed E-state index contributed by atoms with van der Waals surface area (Å²) in [5, 5.41) is 5.45. The smallest absolute Gasteiger partial charge is 0.307 e. The van der Waals surface area contributed by atoms with Gasteiger partial charge in [0.2, 0.25) is 0 Å². The van der Waals surface area contributed by atoms with E-state index < -0.39 is 0 Å². The number of esters is 1. The first-order chi connectivity index (χ1) is 9.70. The van der Waals surface area contributed by atoms with Gasteiger partial charge in [-0.1, -0.05) is 17.7 Å². The maximum atomic E-state index is 11.4. The molecular formula is C14H16ClNO2S2. The third-order valence-corrected chi connectivity index (χ3v) is 4.92. The second kappa shape index (κ2) is 7.78. The number of hydrogen-bond donors (Lipinski definition) is 1. The van der Waals surface area contributed by atoms with Crippen molar-refractivity contribution in [3.05, 3.63) is 43.7 Å². The van der Waals surface area contributed by atoms with Crippen LogP contribution in [0.3, 0.4) is 0 Å². The molecule has 0 aliphatic heterocycles. The van der Waals surface area contributed by atoms with Crippen LogP contribution in [-0.4, -0.2) is 19.1 Å². The zero-order chi connectivity index (χ0) is 14.4. The highest BCUT2D eigenvalue weighted by Gasteiger charge is 2.17. The highest BCUT2D eigenvalue weighted by molar-refractivity contribution is 7.16. The van der Waals surface area contributed by atoms with Crippen LogP contribution in [0.1, 0.15) is 29.1 Å². The number of thiophene rings is 2. The van der Waals surface area contributed by atoms with Crippen LogP contribution in [0.25, 0.3) is 0 Å². The standard InChI is InChI=1S/C14H16ClNO2S2/c1-2-18-13(17)7-8-16-14(10-4-3-9-19-10)11-5-6-12(15)20-11/h3-6,9,14,16H,2,7-8H2,1H3. The molecule has 2 rings (SSSR count). The predicted octanol–water partition coefficient (Wildman–Crippen LogP) is 4.10. The maximum Gasteiger partial charge on any atom is 0.307 e. The van der Waals surface area contributed by atoms with Crippen molar-refractivity contribution in [3.8, 4) is 0 Å². The Balaban J connectivity index is 1.99. The molecular weight excluding hydrogens is 314 g/mol. The van der Waals surface area contributed by atoms with E-state index in [2.05, 4.69) is 11.4 Å². The first kappa shape index (κ1) is 15.5. The summed E-state index contributed by atoms with van der Waals surface area (Å²) >= 11 is 9.26. The average Bonchev–Trinajstić information content (AvgIpc) is 3.06. The molecule has 1 unspecified atom stereocenters. The molecule has 2 aromatic heterocycles. The molecule has 1 atom stereocenters. The maximum absolute atomic E-state index is 11.4. The number of rotatable bonds is 7. The Bertz CT molecular complexity index is 539. The van der Waals surface area contributed by atoms with Gasteiger partial charge in [0.1, 0.15) is 0 Å². The van der Waals surface area contributed by atoms with Crippen LogP contribution >= 0.6 is 34.3 Å². The minimum absolute atomic E-state index is 0.0851. The summed E-state index contributed by atoms with van der Waals surface area (Å²) in [5.41, 5.74) is 0. The zero-order valence-electron chi connectivity index (χ0n) is 11.1.